The molecule has 7 nitrogen and oxygen atoms in total. The lowest BCUT2D eigenvalue weighted by Gasteiger charge is -2.14. The third-order valence-corrected chi connectivity index (χ3v) is 3.71. The number of Topliss-reactive ketones (excluding diaryl/α,β-unsaturated/α-hetero) is 1. The minimum Gasteiger partial charge on any atom is -0.451 e. The zero-order valence-electron chi connectivity index (χ0n) is 15.3. The standard InChI is InChI=1S/C20H19FN2O5/c1-12(24)15-4-3-5-17(10-15)23-19(26)13(2)28-18(25)11-22-20(27)14-6-8-16(21)9-7-14/h3-10,13H,11H2,1-2H3,(H,22,27)(H,23,26)/t13-/m1/s1. The molecule has 0 heterocycles. The molecule has 0 aliphatic heterocycles. The van der Waals surface area contributed by atoms with E-state index in [1.807, 2.05) is 0 Å². The Morgan fingerprint density at radius 2 is 1.71 bits per heavy atom. The van der Waals surface area contributed by atoms with E-state index in [1.54, 1.807) is 18.2 Å². The minimum atomic E-state index is -1.11. The van der Waals surface area contributed by atoms with Gasteiger partial charge < -0.3 is 15.4 Å². The topological polar surface area (TPSA) is 102 Å². The number of carbonyl (C=O) groups is 4. The average Bonchev–Trinajstić information content (AvgIpc) is 2.66. The summed E-state index contributed by atoms with van der Waals surface area (Å²) in [5.74, 6) is -2.60. The van der Waals surface area contributed by atoms with Crippen molar-refractivity contribution in [3.63, 3.8) is 0 Å². The van der Waals surface area contributed by atoms with Gasteiger partial charge in [-0.15, -0.1) is 0 Å². The fourth-order valence-corrected chi connectivity index (χ4v) is 2.21. The lowest BCUT2D eigenvalue weighted by atomic mass is 10.1. The molecule has 0 spiro atoms. The van der Waals surface area contributed by atoms with Gasteiger partial charge in [0.25, 0.3) is 11.8 Å². The first-order valence-electron chi connectivity index (χ1n) is 8.41. The van der Waals surface area contributed by atoms with Crippen molar-refractivity contribution >= 4 is 29.3 Å². The average molecular weight is 386 g/mol. The van der Waals surface area contributed by atoms with Crippen molar-refractivity contribution in [3.8, 4) is 0 Å². The third kappa shape index (κ3) is 6.01. The number of benzene rings is 2. The Bertz CT molecular complexity index is 896. The normalized spacial score (nSPS) is 11.2. The van der Waals surface area contributed by atoms with E-state index < -0.39 is 36.2 Å². The van der Waals surface area contributed by atoms with Crippen molar-refractivity contribution in [1.29, 1.82) is 0 Å². The number of nitrogens with one attached hydrogen (secondary N) is 2. The second-order valence-electron chi connectivity index (χ2n) is 5.95. The van der Waals surface area contributed by atoms with E-state index >= 15 is 0 Å². The van der Waals surface area contributed by atoms with Gasteiger partial charge in [-0.1, -0.05) is 12.1 Å². The fourth-order valence-electron chi connectivity index (χ4n) is 2.21. The van der Waals surface area contributed by atoms with Crippen LogP contribution in [0.15, 0.2) is 48.5 Å². The number of esters is 1. The van der Waals surface area contributed by atoms with Crippen LogP contribution in [-0.2, 0) is 14.3 Å². The van der Waals surface area contributed by atoms with Gasteiger partial charge >= 0.3 is 5.97 Å². The van der Waals surface area contributed by atoms with Gasteiger partial charge in [0.15, 0.2) is 11.9 Å². The Morgan fingerprint density at radius 1 is 1.04 bits per heavy atom. The molecule has 2 amide bonds. The number of carbonyl (C=O) groups excluding carboxylic acids is 4. The second kappa shape index (κ2) is 9.40. The van der Waals surface area contributed by atoms with Gasteiger partial charge in [-0.25, -0.2) is 4.39 Å². The molecule has 0 saturated heterocycles. The van der Waals surface area contributed by atoms with Crippen LogP contribution in [0.2, 0.25) is 0 Å². The number of ether oxygens (including phenoxy) is 1. The summed E-state index contributed by atoms with van der Waals surface area (Å²) in [5, 5.41) is 4.87. The van der Waals surface area contributed by atoms with Crippen molar-refractivity contribution < 1.29 is 28.3 Å². The highest BCUT2D eigenvalue weighted by molar-refractivity contribution is 5.99. The van der Waals surface area contributed by atoms with Gasteiger partial charge in [-0.3, -0.25) is 19.2 Å². The van der Waals surface area contributed by atoms with Crippen LogP contribution in [0, 0.1) is 5.82 Å². The molecule has 2 aromatic rings. The molecule has 0 bridgehead atoms. The van der Waals surface area contributed by atoms with Gasteiger partial charge in [-0.2, -0.15) is 0 Å². The highest BCUT2D eigenvalue weighted by Gasteiger charge is 2.19. The van der Waals surface area contributed by atoms with Gasteiger partial charge in [0.1, 0.15) is 12.4 Å². The van der Waals surface area contributed by atoms with Crippen LogP contribution in [-0.4, -0.2) is 36.2 Å². The van der Waals surface area contributed by atoms with Crippen molar-refractivity contribution in [2.75, 3.05) is 11.9 Å². The first-order valence-corrected chi connectivity index (χ1v) is 8.41. The molecule has 0 fully saturated rings. The van der Waals surface area contributed by atoms with E-state index in [2.05, 4.69) is 10.6 Å². The van der Waals surface area contributed by atoms with Crippen molar-refractivity contribution in [2.45, 2.75) is 20.0 Å². The zero-order chi connectivity index (χ0) is 20.7. The molecule has 2 N–H and O–H groups in total. The van der Waals surface area contributed by atoms with E-state index in [1.165, 1.54) is 32.0 Å². The predicted octanol–water partition coefficient (Wildman–Crippen LogP) is 2.33. The lowest BCUT2D eigenvalue weighted by molar-refractivity contribution is -0.152. The first kappa shape index (κ1) is 20.8. The highest BCUT2D eigenvalue weighted by atomic mass is 19.1. The van der Waals surface area contributed by atoms with Gasteiger partial charge in [0.2, 0.25) is 0 Å². The first-order chi connectivity index (χ1) is 13.3. The number of rotatable bonds is 7. The molecular formula is C20H19FN2O5. The number of hydrogen-bond acceptors (Lipinski definition) is 5. The summed E-state index contributed by atoms with van der Waals surface area (Å²) < 4.78 is 17.8. The molecule has 0 aliphatic carbocycles. The molecule has 0 saturated carbocycles. The lowest BCUT2D eigenvalue weighted by Crippen LogP contribution is -2.35. The molecule has 1 atom stereocenters. The van der Waals surface area contributed by atoms with Gasteiger partial charge in [-0.05, 0) is 50.2 Å². The molecule has 146 valence electrons. The molecule has 0 aliphatic rings. The number of amides is 2. The summed E-state index contributed by atoms with van der Waals surface area (Å²) in [6, 6.07) is 11.2. The highest BCUT2D eigenvalue weighted by Crippen LogP contribution is 2.12. The summed E-state index contributed by atoms with van der Waals surface area (Å²) in [6.45, 7) is 2.34. The second-order valence-corrected chi connectivity index (χ2v) is 5.95. The van der Waals surface area contributed by atoms with Crippen LogP contribution >= 0.6 is 0 Å². The Balaban J connectivity index is 1.83. The maximum atomic E-state index is 12.8. The quantitative estimate of drug-likeness (QED) is 0.562. The minimum absolute atomic E-state index is 0.146. The van der Waals surface area contributed by atoms with Crippen molar-refractivity contribution in [3.05, 3.63) is 65.5 Å². The molecule has 0 aromatic heterocycles. The summed E-state index contributed by atoms with van der Waals surface area (Å²) in [4.78, 5) is 47.2. The third-order valence-electron chi connectivity index (χ3n) is 3.71. The van der Waals surface area contributed by atoms with E-state index in [0.29, 0.717) is 11.3 Å². The Morgan fingerprint density at radius 3 is 2.36 bits per heavy atom. The number of hydrogen-bond donors (Lipinski definition) is 2. The smallest absolute Gasteiger partial charge is 0.326 e. The molecule has 0 unspecified atom stereocenters. The summed E-state index contributed by atoms with van der Waals surface area (Å²) in [5.41, 5.74) is 1.02. The summed E-state index contributed by atoms with van der Waals surface area (Å²) in [7, 11) is 0. The van der Waals surface area contributed by atoms with E-state index in [-0.39, 0.29) is 11.3 Å². The largest absolute Gasteiger partial charge is 0.451 e. The van der Waals surface area contributed by atoms with Crippen LogP contribution in [0.1, 0.15) is 34.6 Å². The van der Waals surface area contributed by atoms with Crippen LogP contribution in [0.3, 0.4) is 0 Å². The van der Waals surface area contributed by atoms with Crippen LogP contribution in [0.5, 0.6) is 0 Å². The molecule has 2 aromatic carbocycles. The van der Waals surface area contributed by atoms with Gasteiger partial charge in [0.05, 0.1) is 0 Å². The van der Waals surface area contributed by atoms with E-state index in [9.17, 15) is 23.6 Å². The maximum absolute atomic E-state index is 12.8. The monoisotopic (exact) mass is 386 g/mol. The van der Waals surface area contributed by atoms with E-state index in [4.69, 9.17) is 4.74 Å². The van der Waals surface area contributed by atoms with Crippen molar-refractivity contribution in [1.82, 2.24) is 5.32 Å². The van der Waals surface area contributed by atoms with E-state index in [0.717, 1.165) is 12.1 Å². The fraction of sp³-hybridized carbons (Fsp3) is 0.200. The predicted molar refractivity (Wildman–Crippen MR) is 99.4 cm³/mol. The van der Waals surface area contributed by atoms with Crippen LogP contribution in [0.25, 0.3) is 0 Å². The molecule has 8 heteroatoms. The van der Waals surface area contributed by atoms with Crippen LogP contribution < -0.4 is 10.6 Å². The maximum Gasteiger partial charge on any atom is 0.326 e. The van der Waals surface area contributed by atoms with Gasteiger partial charge in [0, 0.05) is 16.8 Å². The number of anilines is 1. The molecule has 0 radical (unpaired) electrons. The Kier molecular flexibility index (Phi) is 6.97. The Hall–Kier alpha value is -3.55. The SMILES string of the molecule is CC(=O)c1cccc(NC(=O)[C@@H](C)OC(=O)CNC(=O)c2ccc(F)cc2)c1. The number of ketones is 1. The van der Waals surface area contributed by atoms with Crippen molar-refractivity contribution in [2.24, 2.45) is 0 Å². The molecule has 28 heavy (non-hydrogen) atoms. The molecular weight excluding hydrogens is 367 g/mol. The summed E-state index contributed by atoms with van der Waals surface area (Å²) >= 11 is 0. The van der Waals surface area contributed by atoms with Crippen LogP contribution in [0.4, 0.5) is 10.1 Å². The Labute approximate surface area is 160 Å². The zero-order valence-corrected chi connectivity index (χ0v) is 15.3. The molecule has 2 rings (SSSR count). The summed E-state index contributed by atoms with van der Waals surface area (Å²) in [6.07, 6.45) is -1.11. The number of halogens is 1.